The zero-order valence-corrected chi connectivity index (χ0v) is 11.4. The van der Waals surface area contributed by atoms with Gasteiger partial charge in [0.2, 0.25) is 0 Å². The molecule has 0 saturated heterocycles. The van der Waals surface area contributed by atoms with Gasteiger partial charge in [-0.05, 0) is 19.1 Å². The van der Waals surface area contributed by atoms with Crippen molar-refractivity contribution < 1.29 is 8.42 Å². The van der Waals surface area contributed by atoms with E-state index in [0.717, 1.165) is 0 Å². The van der Waals surface area contributed by atoms with Crippen molar-refractivity contribution in [3.8, 4) is 0 Å². The third-order valence-electron chi connectivity index (χ3n) is 2.36. The van der Waals surface area contributed by atoms with Crippen LogP contribution in [-0.2, 0) is 10.0 Å². The number of nitrogens with one attached hydrogen (secondary N) is 3. The molecule has 0 aliphatic heterocycles. The number of aromatic nitrogens is 3. The lowest BCUT2D eigenvalue weighted by molar-refractivity contribution is 0.600. The van der Waals surface area contributed by atoms with Crippen LogP contribution in [0.4, 0.5) is 11.5 Å². The SMILES string of the molecule is CCNc1ccncc1S(=O)(=O)Nc1ccc(=O)[nH]n1. The van der Waals surface area contributed by atoms with Crippen LogP contribution in [0.5, 0.6) is 0 Å². The first-order valence-corrected chi connectivity index (χ1v) is 7.27. The maximum absolute atomic E-state index is 12.3. The minimum absolute atomic E-state index is 0.00912. The fourth-order valence-corrected chi connectivity index (χ4v) is 2.65. The Balaban J connectivity index is 2.35. The zero-order valence-electron chi connectivity index (χ0n) is 10.6. The molecule has 0 unspecified atom stereocenters. The number of anilines is 2. The van der Waals surface area contributed by atoms with E-state index in [-0.39, 0.29) is 10.7 Å². The van der Waals surface area contributed by atoms with Crippen molar-refractivity contribution in [3.05, 3.63) is 40.9 Å². The lowest BCUT2D eigenvalue weighted by Gasteiger charge is -2.11. The first kappa shape index (κ1) is 14.0. The first-order chi connectivity index (χ1) is 9.53. The number of pyridine rings is 1. The van der Waals surface area contributed by atoms with Gasteiger partial charge in [0.25, 0.3) is 15.6 Å². The number of sulfonamides is 1. The molecule has 0 aromatic carbocycles. The Labute approximate surface area is 115 Å². The molecule has 106 valence electrons. The molecule has 20 heavy (non-hydrogen) atoms. The Bertz CT molecular complexity index is 736. The van der Waals surface area contributed by atoms with E-state index in [1.54, 1.807) is 6.07 Å². The standard InChI is InChI=1S/C11H13N5O3S/c1-2-13-8-5-6-12-7-9(8)20(18,19)16-10-3-4-11(17)15-14-10/h3-7H,2H2,1H3,(H,12,13)(H,14,16)(H,15,17). The van der Waals surface area contributed by atoms with Gasteiger partial charge < -0.3 is 5.32 Å². The van der Waals surface area contributed by atoms with Gasteiger partial charge in [-0.2, -0.15) is 5.10 Å². The van der Waals surface area contributed by atoms with Crippen molar-refractivity contribution in [3.63, 3.8) is 0 Å². The molecular formula is C11H13N5O3S. The quantitative estimate of drug-likeness (QED) is 0.735. The van der Waals surface area contributed by atoms with Gasteiger partial charge >= 0.3 is 0 Å². The molecule has 0 aliphatic rings. The summed E-state index contributed by atoms with van der Waals surface area (Å²) in [5.74, 6) is 0.0240. The molecule has 0 bridgehead atoms. The third kappa shape index (κ3) is 3.12. The van der Waals surface area contributed by atoms with E-state index < -0.39 is 15.6 Å². The number of hydrogen-bond acceptors (Lipinski definition) is 6. The van der Waals surface area contributed by atoms with E-state index in [9.17, 15) is 13.2 Å². The normalized spacial score (nSPS) is 11.1. The van der Waals surface area contributed by atoms with Crippen LogP contribution in [0.15, 0.2) is 40.3 Å². The van der Waals surface area contributed by atoms with E-state index in [0.29, 0.717) is 12.2 Å². The van der Waals surface area contributed by atoms with Gasteiger partial charge in [-0.3, -0.25) is 14.5 Å². The van der Waals surface area contributed by atoms with Gasteiger partial charge in [0.15, 0.2) is 5.82 Å². The molecule has 0 atom stereocenters. The third-order valence-corrected chi connectivity index (χ3v) is 3.74. The second-order valence-electron chi connectivity index (χ2n) is 3.81. The van der Waals surface area contributed by atoms with Crippen molar-refractivity contribution in [2.24, 2.45) is 0 Å². The summed E-state index contributed by atoms with van der Waals surface area (Å²) in [7, 11) is -3.84. The lowest BCUT2D eigenvalue weighted by Crippen LogP contribution is -2.18. The molecule has 3 N–H and O–H groups in total. The average Bonchev–Trinajstić information content (AvgIpc) is 2.42. The van der Waals surface area contributed by atoms with Crippen molar-refractivity contribution in [2.45, 2.75) is 11.8 Å². The van der Waals surface area contributed by atoms with Crippen LogP contribution in [-0.4, -0.2) is 30.1 Å². The molecule has 0 fully saturated rings. The fourth-order valence-electron chi connectivity index (χ4n) is 1.52. The Morgan fingerprint density at radius 2 is 2.10 bits per heavy atom. The highest BCUT2D eigenvalue weighted by molar-refractivity contribution is 7.92. The molecule has 0 saturated carbocycles. The van der Waals surface area contributed by atoms with Gasteiger partial charge in [0.05, 0.1) is 5.69 Å². The van der Waals surface area contributed by atoms with E-state index >= 15 is 0 Å². The highest BCUT2D eigenvalue weighted by Gasteiger charge is 2.19. The summed E-state index contributed by atoms with van der Waals surface area (Å²) >= 11 is 0. The maximum Gasteiger partial charge on any atom is 0.266 e. The number of hydrogen-bond donors (Lipinski definition) is 3. The lowest BCUT2D eigenvalue weighted by atomic mass is 10.4. The van der Waals surface area contributed by atoms with E-state index in [1.165, 1.54) is 24.5 Å². The topological polar surface area (TPSA) is 117 Å². The second-order valence-corrected chi connectivity index (χ2v) is 5.46. The molecule has 9 heteroatoms. The molecule has 0 spiro atoms. The summed E-state index contributed by atoms with van der Waals surface area (Å²) < 4.78 is 26.8. The van der Waals surface area contributed by atoms with Crippen LogP contribution in [0.3, 0.4) is 0 Å². The minimum atomic E-state index is -3.84. The fraction of sp³-hybridized carbons (Fsp3) is 0.182. The summed E-state index contributed by atoms with van der Waals surface area (Å²) in [6.07, 6.45) is 2.74. The van der Waals surface area contributed by atoms with E-state index in [2.05, 4.69) is 25.2 Å². The number of rotatable bonds is 5. The molecule has 2 heterocycles. The van der Waals surface area contributed by atoms with Gasteiger partial charge in [-0.15, -0.1) is 0 Å². The van der Waals surface area contributed by atoms with Gasteiger partial charge in [-0.1, -0.05) is 0 Å². The van der Waals surface area contributed by atoms with E-state index in [1.807, 2.05) is 6.92 Å². The predicted octanol–water partition coefficient (Wildman–Crippen LogP) is 0.397. The van der Waals surface area contributed by atoms with Crippen LogP contribution >= 0.6 is 0 Å². The summed E-state index contributed by atoms with van der Waals surface area (Å²) in [4.78, 5) is 14.7. The number of nitrogens with zero attached hydrogens (tertiary/aromatic N) is 2. The van der Waals surface area contributed by atoms with Crippen molar-refractivity contribution in [2.75, 3.05) is 16.6 Å². The molecule has 2 aromatic rings. The Kier molecular flexibility index (Phi) is 3.99. The summed E-state index contributed by atoms with van der Waals surface area (Å²) in [5, 5.41) is 8.69. The maximum atomic E-state index is 12.3. The largest absolute Gasteiger partial charge is 0.384 e. The average molecular weight is 295 g/mol. The zero-order chi connectivity index (χ0) is 14.6. The molecule has 8 nitrogen and oxygen atoms in total. The monoisotopic (exact) mass is 295 g/mol. The van der Waals surface area contributed by atoms with E-state index in [4.69, 9.17) is 0 Å². The Morgan fingerprint density at radius 3 is 2.75 bits per heavy atom. The molecule has 0 aliphatic carbocycles. The van der Waals surface area contributed by atoms with Gasteiger partial charge in [0, 0.05) is 25.0 Å². The smallest absolute Gasteiger partial charge is 0.266 e. The van der Waals surface area contributed by atoms with Crippen LogP contribution in [0.1, 0.15) is 6.92 Å². The first-order valence-electron chi connectivity index (χ1n) is 5.79. The van der Waals surface area contributed by atoms with Crippen molar-refractivity contribution >= 4 is 21.5 Å². The summed E-state index contributed by atoms with van der Waals surface area (Å²) in [6, 6.07) is 4.03. The summed E-state index contributed by atoms with van der Waals surface area (Å²) in [6.45, 7) is 2.43. The Hall–Kier alpha value is -2.42. The highest BCUT2D eigenvalue weighted by atomic mass is 32.2. The minimum Gasteiger partial charge on any atom is -0.384 e. The van der Waals surface area contributed by atoms with Crippen molar-refractivity contribution in [1.29, 1.82) is 0 Å². The van der Waals surface area contributed by atoms with Crippen LogP contribution in [0.25, 0.3) is 0 Å². The van der Waals surface area contributed by atoms with Crippen LogP contribution < -0.4 is 15.6 Å². The molecular weight excluding hydrogens is 282 g/mol. The molecule has 0 radical (unpaired) electrons. The van der Waals surface area contributed by atoms with Gasteiger partial charge in [-0.25, -0.2) is 13.5 Å². The molecule has 2 aromatic heterocycles. The number of H-pyrrole nitrogens is 1. The second kappa shape index (κ2) is 5.70. The predicted molar refractivity (Wildman–Crippen MR) is 74.1 cm³/mol. The molecule has 0 amide bonds. The highest BCUT2D eigenvalue weighted by Crippen LogP contribution is 2.21. The molecule has 2 rings (SSSR count). The van der Waals surface area contributed by atoms with Crippen molar-refractivity contribution in [1.82, 2.24) is 15.2 Å². The van der Waals surface area contributed by atoms with Gasteiger partial charge in [0.1, 0.15) is 4.90 Å². The Morgan fingerprint density at radius 1 is 1.30 bits per heavy atom. The summed E-state index contributed by atoms with van der Waals surface area (Å²) in [5.41, 5.74) is 0.0297. The van der Waals surface area contributed by atoms with Crippen LogP contribution in [0, 0.1) is 0 Å². The number of aromatic amines is 1. The van der Waals surface area contributed by atoms with Crippen LogP contribution in [0.2, 0.25) is 0 Å².